The fraction of sp³-hybridized carbons (Fsp3) is 0.619. The van der Waals surface area contributed by atoms with Crippen molar-refractivity contribution >= 4 is 21.5 Å². The summed E-state index contributed by atoms with van der Waals surface area (Å²) < 4.78 is 0. The summed E-state index contributed by atoms with van der Waals surface area (Å²) >= 11 is 0. The molecule has 0 unspecified atom stereocenters. The molecular weight excluding hydrogens is 1010 g/mol. The van der Waals surface area contributed by atoms with E-state index in [2.05, 4.69) is 119 Å². The van der Waals surface area contributed by atoms with Crippen LogP contribution in [0.1, 0.15) is 348 Å². The van der Waals surface area contributed by atoms with Crippen molar-refractivity contribution in [3.05, 3.63) is 148 Å². The highest BCUT2D eigenvalue weighted by Crippen LogP contribution is 2.48. The van der Waals surface area contributed by atoms with Gasteiger partial charge in [0.2, 0.25) is 0 Å². The van der Waals surface area contributed by atoms with Crippen LogP contribution in [0.4, 0.5) is 0 Å². The minimum atomic E-state index is 1.14. The third kappa shape index (κ3) is 14.5. The molecule has 6 aromatic carbocycles. The number of unbranched alkanes of at least 4 members (excludes halogenated alkanes) is 12. The molecule has 0 heteroatoms. The minimum absolute atomic E-state index is 1.14. The summed E-state index contributed by atoms with van der Waals surface area (Å²) in [5, 5.41) is 6.29. The largest absolute Gasteiger partial charge is 0.0654 e. The first kappa shape index (κ1) is 65.8. The second kappa shape index (κ2) is 33.3. The van der Waals surface area contributed by atoms with E-state index in [1.54, 1.807) is 133 Å². The highest BCUT2D eigenvalue weighted by molar-refractivity contribution is 5.98. The number of fused-ring (bicyclic) bond motifs is 6. The third-order valence-electron chi connectivity index (χ3n) is 21.0. The van der Waals surface area contributed by atoms with E-state index in [0.717, 1.165) is 25.7 Å². The number of hydrogen-bond donors (Lipinski definition) is 0. The third-order valence-corrected chi connectivity index (χ3v) is 21.0. The van der Waals surface area contributed by atoms with Gasteiger partial charge < -0.3 is 0 Å². The van der Waals surface area contributed by atoms with Crippen molar-refractivity contribution in [2.75, 3.05) is 0 Å². The fourth-order valence-corrected chi connectivity index (χ4v) is 16.3. The number of hydrogen-bond acceptors (Lipinski definition) is 0. The van der Waals surface area contributed by atoms with Crippen LogP contribution in [0.5, 0.6) is 0 Å². The highest BCUT2D eigenvalue weighted by Gasteiger charge is 2.33. The van der Waals surface area contributed by atoms with Crippen LogP contribution in [0, 0.1) is 0 Å². The first-order chi connectivity index (χ1) is 41.2. The summed E-state index contributed by atoms with van der Waals surface area (Å²) in [7, 11) is 0. The van der Waals surface area contributed by atoms with E-state index in [1.165, 1.54) is 242 Å². The second-order valence-corrected chi connectivity index (χ2v) is 27.0. The number of benzene rings is 6. The molecule has 0 amide bonds. The number of rotatable bonds is 37. The zero-order valence-electron chi connectivity index (χ0n) is 56.7. The number of aryl methyl sites for hydroxylation is 4. The van der Waals surface area contributed by atoms with E-state index in [1.807, 2.05) is 0 Å². The zero-order chi connectivity index (χ0) is 59.5. The molecule has 0 heterocycles. The highest BCUT2D eigenvalue weighted by atomic mass is 14.4. The van der Waals surface area contributed by atoms with Crippen molar-refractivity contribution in [1.29, 1.82) is 0 Å². The smallest absolute Gasteiger partial charge is 0.00141 e. The summed E-state index contributed by atoms with van der Waals surface area (Å²) in [6.45, 7) is 29.0. The quantitative estimate of drug-likeness (QED) is 0.0364. The lowest BCUT2D eigenvalue weighted by Crippen LogP contribution is -2.21. The van der Waals surface area contributed by atoms with Crippen molar-refractivity contribution in [3.8, 4) is 11.1 Å². The molecule has 6 aromatic rings. The lowest BCUT2D eigenvalue weighted by atomic mass is 9.70. The Morgan fingerprint density at radius 3 is 0.560 bits per heavy atom. The molecule has 0 nitrogen and oxygen atoms in total. The van der Waals surface area contributed by atoms with E-state index in [0.29, 0.717) is 0 Å². The standard InChI is InChI=1S/C84H122/c1-13-25-37-61-63(39-27-15-3)67(43-31-19-7)79-57-83-71(47-35-23-11)75-53-59(49-51-73(75)69(45-33-21-9)81(83)55-77(79)65(61)41-29-17-5)60-50-52-74-70(46-34-22-10)82-56-78-66(42-30-18-6)62(38-26-14-2)64(40-28-16-4)68(44-32-20-8)80(78)58-84(82)72(48-36-24-12)76(74)54-60/h49-54H,13-48,55-58H2,1-12H3. The predicted molar refractivity (Wildman–Crippen MR) is 374 cm³/mol. The average Bonchev–Trinajstić information content (AvgIpc) is 1.89. The van der Waals surface area contributed by atoms with Crippen molar-refractivity contribution in [2.24, 2.45) is 0 Å². The topological polar surface area (TPSA) is 0 Å². The molecule has 0 radical (unpaired) electrons. The summed E-state index contributed by atoms with van der Waals surface area (Å²) in [4.78, 5) is 0. The fourth-order valence-electron chi connectivity index (χ4n) is 16.3. The van der Waals surface area contributed by atoms with E-state index >= 15 is 0 Å². The van der Waals surface area contributed by atoms with Crippen LogP contribution in [-0.4, -0.2) is 0 Å². The van der Waals surface area contributed by atoms with Gasteiger partial charge in [-0.2, -0.15) is 0 Å². The second-order valence-electron chi connectivity index (χ2n) is 27.0. The molecule has 84 heavy (non-hydrogen) atoms. The van der Waals surface area contributed by atoms with Gasteiger partial charge in [-0.25, -0.2) is 0 Å². The summed E-state index contributed by atoms with van der Waals surface area (Å²) in [5.41, 5.74) is 38.1. The molecule has 0 aromatic heterocycles. The van der Waals surface area contributed by atoms with E-state index in [-0.39, 0.29) is 0 Å². The molecule has 2 aliphatic carbocycles. The van der Waals surface area contributed by atoms with Crippen LogP contribution >= 0.6 is 0 Å². The Morgan fingerprint density at radius 1 is 0.190 bits per heavy atom. The van der Waals surface area contributed by atoms with Crippen LogP contribution in [0.3, 0.4) is 0 Å². The Kier molecular flexibility index (Phi) is 26.1. The van der Waals surface area contributed by atoms with Gasteiger partial charge in [0.15, 0.2) is 0 Å². The van der Waals surface area contributed by atoms with Crippen molar-refractivity contribution in [2.45, 2.75) is 340 Å². The van der Waals surface area contributed by atoms with Gasteiger partial charge >= 0.3 is 0 Å². The molecule has 0 aliphatic heterocycles. The summed E-state index contributed by atoms with van der Waals surface area (Å²) in [5.74, 6) is 0. The Bertz CT molecular complexity index is 2880. The maximum atomic E-state index is 2.74. The molecular formula is C84H122. The Morgan fingerprint density at radius 2 is 0.357 bits per heavy atom. The molecule has 0 saturated carbocycles. The van der Waals surface area contributed by atoms with Gasteiger partial charge in [-0.15, -0.1) is 0 Å². The lowest BCUT2D eigenvalue weighted by Gasteiger charge is -2.34. The van der Waals surface area contributed by atoms with Gasteiger partial charge in [-0.1, -0.05) is 184 Å². The van der Waals surface area contributed by atoms with Crippen molar-refractivity contribution in [3.63, 3.8) is 0 Å². The monoisotopic (exact) mass is 1130 g/mol. The van der Waals surface area contributed by atoms with Crippen molar-refractivity contribution < 1.29 is 0 Å². The molecule has 0 spiro atoms. The van der Waals surface area contributed by atoms with Crippen LogP contribution in [0.25, 0.3) is 32.7 Å². The Labute approximate surface area is 517 Å². The average molecular weight is 1130 g/mol. The lowest BCUT2D eigenvalue weighted by molar-refractivity contribution is 0.702. The van der Waals surface area contributed by atoms with Gasteiger partial charge in [0, 0.05) is 0 Å². The molecule has 8 rings (SSSR count). The predicted octanol–water partition coefficient (Wildman–Crippen LogP) is 24.8. The minimum Gasteiger partial charge on any atom is -0.0654 e. The summed E-state index contributed by atoms with van der Waals surface area (Å²) in [6.07, 6.45) is 49.9. The molecule has 0 bridgehead atoms. The van der Waals surface area contributed by atoms with E-state index < -0.39 is 0 Å². The van der Waals surface area contributed by atoms with Crippen LogP contribution in [-0.2, 0) is 103 Å². The normalized spacial score (nSPS) is 12.9. The van der Waals surface area contributed by atoms with E-state index in [4.69, 9.17) is 0 Å². The molecule has 458 valence electrons. The maximum Gasteiger partial charge on any atom is -0.00141 e. The summed E-state index contributed by atoms with van der Waals surface area (Å²) in [6, 6.07) is 15.9. The molecule has 0 N–H and O–H groups in total. The molecule has 0 fully saturated rings. The zero-order valence-corrected chi connectivity index (χ0v) is 56.7. The van der Waals surface area contributed by atoms with Crippen LogP contribution in [0.2, 0.25) is 0 Å². The maximum absolute atomic E-state index is 2.74. The molecule has 0 saturated heterocycles. The van der Waals surface area contributed by atoms with Gasteiger partial charge in [0.05, 0.1) is 0 Å². The molecule has 2 aliphatic rings. The SMILES string of the molecule is CCCCc1c(CCCC)c(CCCC)c2c(c1CCCC)Cc1c(c(CCCC)c3cc(-c4ccc5c(CCCC)c6c(c(CCCC)c5c4)Cc4c(CCCC)c(CCCC)c(CCCC)c(CCCC)c4C6)ccc3c1CCCC)C2. The first-order valence-corrected chi connectivity index (χ1v) is 36.8. The van der Waals surface area contributed by atoms with Crippen LogP contribution in [0.15, 0.2) is 36.4 Å². The Balaban J connectivity index is 1.37. The van der Waals surface area contributed by atoms with E-state index in [9.17, 15) is 0 Å². The van der Waals surface area contributed by atoms with Crippen molar-refractivity contribution in [1.82, 2.24) is 0 Å². The van der Waals surface area contributed by atoms with Gasteiger partial charge in [-0.05, 0) is 336 Å². The molecule has 0 atom stereocenters. The van der Waals surface area contributed by atoms with Gasteiger partial charge in [0.25, 0.3) is 0 Å². The first-order valence-electron chi connectivity index (χ1n) is 36.8. The van der Waals surface area contributed by atoms with Gasteiger partial charge in [-0.3, -0.25) is 0 Å². The van der Waals surface area contributed by atoms with Crippen LogP contribution < -0.4 is 0 Å². The Hall–Kier alpha value is -4.16. The van der Waals surface area contributed by atoms with Gasteiger partial charge in [0.1, 0.15) is 0 Å².